The van der Waals surface area contributed by atoms with E-state index in [0.717, 1.165) is 25.1 Å². The Morgan fingerprint density at radius 1 is 1.30 bits per heavy atom. The van der Waals surface area contributed by atoms with Crippen molar-refractivity contribution in [3.05, 3.63) is 53.5 Å². The molecule has 1 aromatic carbocycles. The first-order valence-electron chi connectivity index (χ1n) is 6.77. The number of hydrogen-bond donors (Lipinski definition) is 0. The molecule has 0 aliphatic carbocycles. The molecule has 3 rings (SSSR count). The minimum absolute atomic E-state index is 0.0838. The smallest absolute Gasteiger partial charge is 0.293 e. The maximum atomic E-state index is 12.6. The summed E-state index contributed by atoms with van der Waals surface area (Å²) in [7, 11) is 1.60. The van der Waals surface area contributed by atoms with Crippen LogP contribution in [-0.2, 0) is 17.8 Å². The van der Waals surface area contributed by atoms with Crippen LogP contribution in [0, 0.1) is 0 Å². The van der Waals surface area contributed by atoms with E-state index in [9.17, 15) is 4.79 Å². The van der Waals surface area contributed by atoms with Crippen molar-refractivity contribution in [1.82, 2.24) is 0 Å². The number of carbonyl (C=O) groups is 1. The van der Waals surface area contributed by atoms with Gasteiger partial charge in [0.1, 0.15) is 12.4 Å². The summed E-state index contributed by atoms with van der Waals surface area (Å²) in [5.41, 5.74) is 2.21. The molecule has 1 aliphatic heterocycles. The average molecular weight is 271 g/mol. The van der Waals surface area contributed by atoms with Crippen LogP contribution in [0.5, 0.6) is 0 Å². The molecular formula is C16H17NO3. The molecular weight excluding hydrogens is 254 g/mol. The number of rotatable bonds is 3. The van der Waals surface area contributed by atoms with E-state index in [-0.39, 0.29) is 5.91 Å². The zero-order valence-corrected chi connectivity index (χ0v) is 11.5. The first kappa shape index (κ1) is 12.9. The molecule has 0 bridgehead atoms. The number of benzene rings is 1. The molecule has 0 atom stereocenters. The molecule has 2 heterocycles. The SMILES string of the molecule is COCc1ccc(C(=O)N2CCCc3ccccc32)o1. The van der Waals surface area contributed by atoms with Crippen molar-refractivity contribution in [2.75, 3.05) is 18.6 Å². The van der Waals surface area contributed by atoms with Gasteiger partial charge in [-0.3, -0.25) is 4.79 Å². The van der Waals surface area contributed by atoms with Crippen molar-refractivity contribution in [3.63, 3.8) is 0 Å². The number of ether oxygens (including phenoxy) is 1. The molecule has 1 aliphatic rings. The second-order valence-electron chi connectivity index (χ2n) is 4.89. The maximum absolute atomic E-state index is 12.6. The summed E-state index contributed by atoms with van der Waals surface area (Å²) in [4.78, 5) is 14.4. The highest BCUT2D eigenvalue weighted by molar-refractivity contribution is 6.04. The van der Waals surface area contributed by atoms with E-state index in [0.29, 0.717) is 18.1 Å². The Hall–Kier alpha value is -2.07. The van der Waals surface area contributed by atoms with Crippen LogP contribution in [0.2, 0.25) is 0 Å². The lowest BCUT2D eigenvalue weighted by molar-refractivity contribution is 0.0949. The van der Waals surface area contributed by atoms with Crippen molar-refractivity contribution in [2.24, 2.45) is 0 Å². The third-order valence-corrected chi connectivity index (χ3v) is 3.51. The molecule has 0 fully saturated rings. The van der Waals surface area contributed by atoms with Gasteiger partial charge in [-0.1, -0.05) is 18.2 Å². The zero-order valence-electron chi connectivity index (χ0n) is 11.5. The second-order valence-corrected chi connectivity index (χ2v) is 4.89. The number of anilines is 1. The fraction of sp³-hybridized carbons (Fsp3) is 0.312. The predicted octanol–water partition coefficient (Wildman–Crippen LogP) is 3.02. The maximum Gasteiger partial charge on any atom is 0.293 e. The lowest BCUT2D eigenvalue weighted by atomic mass is 10.0. The molecule has 0 radical (unpaired) electrons. The number of fused-ring (bicyclic) bond motifs is 1. The number of para-hydroxylation sites is 1. The summed E-state index contributed by atoms with van der Waals surface area (Å²) < 4.78 is 10.5. The number of nitrogens with zero attached hydrogens (tertiary/aromatic N) is 1. The van der Waals surface area contributed by atoms with E-state index in [1.165, 1.54) is 5.56 Å². The normalized spacial score (nSPS) is 14.2. The van der Waals surface area contributed by atoms with Crippen molar-refractivity contribution >= 4 is 11.6 Å². The Balaban J connectivity index is 1.87. The standard InChI is InChI=1S/C16H17NO3/c1-19-11-13-8-9-15(20-13)16(18)17-10-4-6-12-5-2-3-7-14(12)17/h2-3,5,7-9H,4,6,10-11H2,1H3. The van der Waals surface area contributed by atoms with Crippen molar-refractivity contribution in [2.45, 2.75) is 19.4 Å². The largest absolute Gasteiger partial charge is 0.453 e. The van der Waals surface area contributed by atoms with E-state index < -0.39 is 0 Å². The van der Waals surface area contributed by atoms with Crippen LogP contribution < -0.4 is 4.90 Å². The van der Waals surface area contributed by atoms with Gasteiger partial charge in [0, 0.05) is 19.3 Å². The molecule has 1 amide bonds. The zero-order chi connectivity index (χ0) is 13.9. The van der Waals surface area contributed by atoms with Crippen LogP contribution in [0.15, 0.2) is 40.8 Å². The van der Waals surface area contributed by atoms with Gasteiger partial charge in [0.2, 0.25) is 0 Å². The number of hydrogen-bond acceptors (Lipinski definition) is 3. The minimum Gasteiger partial charge on any atom is -0.453 e. The third kappa shape index (κ3) is 2.34. The minimum atomic E-state index is -0.0838. The Morgan fingerprint density at radius 3 is 3.00 bits per heavy atom. The summed E-state index contributed by atoms with van der Waals surface area (Å²) >= 11 is 0. The van der Waals surface area contributed by atoms with Crippen molar-refractivity contribution in [3.8, 4) is 0 Å². The van der Waals surface area contributed by atoms with Crippen molar-refractivity contribution < 1.29 is 13.9 Å². The monoisotopic (exact) mass is 271 g/mol. The van der Waals surface area contributed by atoms with Crippen LogP contribution in [0.25, 0.3) is 0 Å². The third-order valence-electron chi connectivity index (χ3n) is 3.51. The highest BCUT2D eigenvalue weighted by atomic mass is 16.5. The van der Waals surface area contributed by atoms with Crippen LogP contribution >= 0.6 is 0 Å². The summed E-state index contributed by atoms with van der Waals surface area (Å²) in [6.07, 6.45) is 2.00. The van der Waals surface area contributed by atoms with E-state index in [4.69, 9.17) is 9.15 Å². The number of furan rings is 1. The lowest BCUT2D eigenvalue weighted by Crippen LogP contribution is -2.35. The quantitative estimate of drug-likeness (QED) is 0.861. The highest BCUT2D eigenvalue weighted by Gasteiger charge is 2.25. The van der Waals surface area contributed by atoms with Gasteiger partial charge in [0.25, 0.3) is 5.91 Å². The van der Waals surface area contributed by atoms with Gasteiger partial charge in [0.15, 0.2) is 5.76 Å². The van der Waals surface area contributed by atoms with Crippen molar-refractivity contribution in [1.29, 1.82) is 0 Å². The summed E-state index contributed by atoms with van der Waals surface area (Å²) in [5.74, 6) is 0.953. The van der Waals surface area contributed by atoms with E-state index in [2.05, 4.69) is 6.07 Å². The molecule has 0 saturated carbocycles. The molecule has 0 saturated heterocycles. The van der Waals surface area contributed by atoms with Gasteiger partial charge in [-0.2, -0.15) is 0 Å². The second kappa shape index (κ2) is 5.51. The molecule has 4 nitrogen and oxygen atoms in total. The average Bonchev–Trinajstić information content (AvgIpc) is 2.95. The Kier molecular flexibility index (Phi) is 3.56. The molecule has 4 heteroatoms. The van der Waals surface area contributed by atoms with Crippen LogP contribution in [0.3, 0.4) is 0 Å². The molecule has 1 aromatic heterocycles. The first-order chi connectivity index (χ1) is 9.79. The molecule has 0 spiro atoms. The Labute approximate surface area is 118 Å². The molecule has 104 valence electrons. The van der Waals surface area contributed by atoms with Gasteiger partial charge >= 0.3 is 0 Å². The van der Waals surface area contributed by atoms with Crippen LogP contribution in [0.1, 0.15) is 28.3 Å². The van der Waals surface area contributed by atoms with E-state index in [1.54, 1.807) is 24.1 Å². The Morgan fingerprint density at radius 2 is 2.15 bits per heavy atom. The fourth-order valence-corrected chi connectivity index (χ4v) is 2.59. The molecule has 0 unspecified atom stereocenters. The van der Waals surface area contributed by atoms with Gasteiger partial charge in [0.05, 0.1) is 0 Å². The van der Waals surface area contributed by atoms with Gasteiger partial charge in [-0.15, -0.1) is 0 Å². The number of carbonyl (C=O) groups excluding carboxylic acids is 1. The first-order valence-corrected chi connectivity index (χ1v) is 6.77. The van der Waals surface area contributed by atoms with Gasteiger partial charge < -0.3 is 14.1 Å². The topological polar surface area (TPSA) is 42.7 Å². The van der Waals surface area contributed by atoms with Gasteiger partial charge in [-0.05, 0) is 36.6 Å². The summed E-state index contributed by atoms with van der Waals surface area (Å²) in [5, 5.41) is 0. The molecule has 2 aromatic rings. The molecule has 20 heavy (non-hydrogen) atoms. The van der Waals surface area contributed by atoms with Crippen LogP contribution in [0.4, 0.5) is 5.69 Å². The number of methoxy groups -OCH3 is 1. The fourth-order valence-electron chi connectivity index (χ4n) is 2.59. The van der Waals surface area contributed by atoms with E-state index in [1.807, 2.05) is 18.2 Å². The highest BCUT2D eigenvalue weighted by Crippen LogP contribution is 2.28. The Bertz CT molecular complexity index is 618. The summed E-state index contributed by atoms with van der Waals surface area (Å²) in [6, 6.07) is 11.5. The van der Waals surface area contributed by atoms with Gasteiger partial charge in [-0.25, -0.2) is 0 Å². The summed E-state index contributed by atoms with van der Waals surface area (Å²) in [6.45, 7) is 1.11. The number of amides is 1. The predicted molar refractivity (Wildman–Crippen MR) is 75.9 cm³/mol. The molecule has 0 N–H and O–H groups in total. The number of aryl methyl sites for hydroxylation is 1. The van der Waals surface area contributed by atoms with E-state index >= 15 is 0 Å². The van der Waals surface area contributed by atoms with Crippen LogP contribution in [-0.4, -0.2) is 19.6 Å². The lowest BCUT2D eigenvalue weighted by Gasteiger charge is -2.28.